The van der Waals surface area contributed by atoms with Crippen LogP contribution in [0.4, 0.5) is 4.79 Å². The van der Waals surface area contributed by atoms with Crippen LogP contribution in [0.2, 0.25) is 0 Å². The van der Waals surface area contributed by atoms with Gasteiger partial charge in [-0.05, 0) is 64.6 Å². The lowest BCUT2D eigenvalue weighted by Crippen LogP contribution is -2.48. The van der Waals surface area contributed by atoms with Crippen molar-refractivity contribution in [2.75, 3.05) is 26.7 Å². The van der Waals surface area contributed by atoms with Gasteiger partial charge >= 0.3 is 6.03 Å². The first-order valence-electron chi connectivity index (χ1n) is 7.50. The summed E-state index contributed by atoms with van der Waals surface area (Å²) in [4.78, 5) is 16.8. The minimum Gasteiger partial charge on any atom is -0.335 e. The van der Waals surface area contributed by atoms with E-state index in [1.807, 2.05) is 0 Å². The van der Waals surface area contributed by atoms with E-state index in [0.717, 1.165) is 12.5 Å². The van der Waals surface area contributed by atoms with Crippen molar-refractivity contribution in [1.82, 2.24) is 15.1 Å². The second-order valence-electron chi connectivity index (χ2n) is 6.27. The molecule has 3 aliphatic rings. The first-order chi connectivity index (χ1) is 8.74. The molecular formula is C14H25N3O. The largest absolute Gasteiger partial charge is 0.335 e. The molecule has 0 aromatic rings. The average molecular weight is 251 g/mol. The minimum absolute atomic E-state index is 0.207. The summed E-state index contributed by atoms with van der Waals surface area (Å²) in [6.07, 6.45) is 7.28. The molecule has 18 heavy (non-hydrogen) atoms. The van der Waals surface area contributed by atoms with Gasteiger partial charge in [0.1, 0.15) is 0 Å². The van der Waals surface area contributed by atoms with E-state index in [9.17, 15) is 4.79 Å². The van der Waals surface area contributed by atoms with E-state index in [0.29, 0.717) is 12.1 Å². The number of hydrogen-bond donors (Lipinski definition) is 1. The van der Waals surface area contributed by atoms with Crippen LogP contribution in [-0.4, -0.2) is 54.6 Å². The number of piperidine rings is 1. The second-order valence-corrected chi connectivity index (χ2v) is 6.27. The monoisotopic (exact) mass is 251 g/mol. The SMILES string of the molecule is CN1CCC([C@@H]2CCCN2C(=O)NC2CC2)CC1. The molecule has 2 heterocycles. The van der Waals surface area contributed by atoms with Gasteiger partial charge in [-0.1, -0.05) is 0 Å². The lowest BCUT2D eigenvalue weighted by Gasteiger charge is -2.36. The Morgan fingerprint density at radius 3 is 2.44 bits per heavy atom. The highest BCUT2D eigenvalue weighted by Gasteiger charge is 2.37. The van der Waals surface area contributed by atoms with Gasteiger partial charge in [-0.15, -0.1) is 0 Å². The Kier molecular flexibility index (Phi) is 3.46. The summed E-state index contributed by atoms with van der Waals surface area (Å²) in [5.41, 5.74) is 0. The summed E-state index contributed by atoms with van der Waals surface area (Å²) in [5, 5.41) is 3.15. The maximum absolute atomic E-state index is 12.2. The number of nitrogens with one attached hydrogen (secondary N) is 1. The van der Waals surface area contributed by atoms with Gasteiger partial charge in [-0.3, -0.25) is 0 Å². The predicted molar refractivity (Wildman–Crippen MR) is 71.5 cm³/mol. The lowest BCUT2D eigenvalue weighted by atomic mass is 9.88. The first-order valence-corrected chi connectivity index (χ1v) is 7.50. The number of hydrogen-bond acceptors (Lipinski definition) is 2. The summed E-state index contributed by atoms with van der Waals surface area (Å²) < 4.78 is 0. The number of carbonyl (C=O) groups is 1. The van der Waals surface area contributed by atoms with Crippen molar-refractivity contribution in [2.24, 2.45) is 5.92 Å². The smallest absolute Gasteiger partial charge is 0.317 e. The Morgan fingerprint density at radius 1 is 1.06 bits per heavy atom. The first kappa shape index (κ1) is 12.3. The van der Waals surface area contributed by atoms with Crippen LogP contribution in [0, 0.1) is 5.92 Å². The summed E-state index contributed by atoms with van der Waals surface area (Å²) in [6, 6.07) is 1.20. The molecule has 1 saturated carbocycles. The lowest BCUT2D eigenvalue weighted by molar-refractivity contribution is 0.132. The van der Waals surface area contributed by atoms with Crippen molar-refractivity contribution in [2.45, 2.75) is 50.6 Å². The maximum atomic E-state index is 12.2. The third kappa shape index (κ3) is 2.63. The highest BCUT2D eigenvalue weighted by molar-refractivity contribution is 5.75. The molecule has 0 radical (unpaired) electrons. The number of nitrogens with zero attached hydrogens (tertiary/aromatic N) is 2. The topological polar surface area (TPSA) is 35.6 Å². The van der Waals surface area contributed by atoms with Crippen molar-refractivity contribution < 1.29 is 4.79 Å². The molecule has 0 unspecified atom stereocenters. The van der Waals surface area contributed by atoms with Gasteiger partial charge in [0, 0.05) is 18.6 Å². The quantitative estimate of drug-likeness (QED) is 0.810. The molecule has 0 bridgehead atoms. The number of likely N-dealkylation sites (tertiary alicyclic amines) is 2. The van der Waals surface area contributed by atoms with E-state index in [1.165, 1.54) is 51.6 Å². The third-order valence-corrected chi connectivity index (χ3v) is 4.77. The van der Waals surface area contributed by atoms with E-state index in [-0.39, 0.29) is 6.03 Å². The summed E-state index contributed by atoms with van der Waals surface area (Å²) in [6.45, 7) is 3.36. The molecule has 0 spiro atoms. The van der Waals surface area contributed by atoms with Crippen molar-refractivity contribution in [1.29, 1.82) is 0 Å². The van der Waals surface area contributed by atoms with Crippen molar-refractivity contribution in [3.8, 4) is 0 Å². The Hall–Kier alpha value is -0.770. The average Bonchev–Trinajstić information content (AvgIpc) is 3.04. The Balaban J connectivity index is 1.57. The van der Waals surface area contributed by atoms with Crippen LogP contribution in [0.3, 0.4) is 0 Å². The highest BCUT2D eigenvalue weighted by Crippen LogP contribution is 2.31. The Labute approximate surface area is 110 Å². The molecule has 2 aliphatic heterocycles. The van der Waals surface area contributed by atoms with Crippen LogP contribution in [0.1, 0.15) is 38.5 Å². The zero-order valence-electron chi connectivity index (χ0n) is 11.4. The van der Waals surface area contributed by atoms with Crippen molar-refractivity contribution in [3.05, 3.63) is 0 Å². The molecule has 1 atom stereocenters. The van der Waals surface area contributed by atoms with Gasteiger partial charge < -0.3 is 15.1 Å². The number of urea groups is 1. The summed E-state index contributed by atoms with van der Waals surface area (Å²) >= 11 is 0. The zero-order chi connectivity index (χ0) is 12.5. The third-order valence-electron chi connectivity index (χ3n) is 4.77. The van der Waals surface area contributed by atoms with Gasteiger partial charge in [0.15, 0.2) is 0 Å². The van der Waals surface area contributed by atoms with Crippen LogP contribution in [0.15, 0.2) is 0 Å². The molecule has 3 fully saturated rings. The molecular weight excluding hydrogens is 226 g/mol. The molecule has 0 aromatic heterocycles. The van der Waals surface area contributed by atoms with Crippen LogP contribution in [0.25, 0.3) is 0 Å². The van der Waals surface area contributed by atoms with Crippen LogP contribution < -0.4 is 5.32 Å². The molecule has 1 N–H and O–H groups in total. The number of carbonyl (C=O) groups excluding carboxylic acids is 1. The molecule has 4 heteroatoms. The van der Waals surface area contributed by atoms with Gasteiger partial charge in [0.2, 0.25) is 0 Å². The summed E-state index contributed by atoms with van der Waals surface area (Å²) in [7, 11) is 2.20. The van der Waals surface area contributed by atoms with E-state index in [4.69, 9.17) is 0 Å². The fraction of sp³-hybridized carbons (Fsp3) is 0.929. The van der Waals surface area contributed by atoms with Gasteiger partial charge in [-0.2, -0.15) is 0 Å². The Morgan fingerprint density at radius 2 is 1.78 bits per heavy atom. The molecule has 0 aromatic carbocycles. The van der Waals surface area contributed by atoms with Crippen LogP contribution in [0.5, 0.6) is 0 Å². The predicted octanol–water partition coefficient (Wildman–Crippen LogP) is 1.66. The normalized spacial score (nSPS) is 30.7. The van der Waals surface area contributed by atoms with Crippen LogP contribution in [-0.2, 0) is 0 Å². The maximum Gasteiger partial charge on any atom is 0.317 e. The standard InChI is InChI=1S/C14H25N3O/c1-16-9-6-11(7-10-16)13-3-2-8-17(13)14(18)15-12-4-5-12/h11-13H,2-10H2,1H3,(H,15,18)/t13-/m0/s1. The van der Waals surface area contributed by atoms with E-state index in [2.05, 4.69) is 22.2 Å². The van der Waals surface area contributed by atoms with Crippen molar-refractivity contribution >= 4 is 6.03 Å². The molecule has 3 rings (SSSR count). The number of rotatable bonds is 2. The highest BCUT2D eigenvalue weighted by atomic mass is 16.2. The van der Waals surface area contributed by atoms with Gasteiger partial charge in [-0.25, -0.2) is 4.79 Å². The van der Waals surface area contributed by atoms with Gasteiger partial charge in [0.05, 0.1) is 0 Å². The number of amides is 2. The summed E-state index contributed by atoms with van der Waals surface area (Å²) in [5.74, 6) is 0.730. The second kappa shape index (κ2) is 5.08. The van der Waals surface area contributed by atoms with E-state index in [1.54, 1.807) is 0 Å². The fourth-order valence-corrected chi connectivity index (χ4v) is 3.43. The fourth-order valence-electron chi connectivity index (χ4n) is 3.43. The van der Waals surface area contributed by atoms with Crippen molar-refractivity contribution in [3.63, 3.8) is 0 Å². The molecule has 2 amide bonds. The Bertz CT molecular complexity index is 308. The van der Waals surface area contributed by atoms with E-state index < -0.39 is 0 Å². The molecule has 102 valence electrons. The van der Waals surface area contributed by atoms with E-state index >= 15 is 0 Å². The van der Waals surface area contributed by atoms with Crippen LogP contribution >= 0.6 is 0 Å². The molecule has 4 nitrogen and oxygen atoms in total. The molecule has 1 aliphatic carbocycles. The zero-order valence-corrected chi connectivity index (χ0v) is 11.4. The van der Waals surface area contributed by atoms with Gasteiger partial charge in [0.25, 0.3) is 0 Å². The molecule has 2 saturated heterocycles. The minimum atomic E-state index is 0.207.